The lowest BCUT2D eigenvalue weighted by Crippen LogP contribution is -2.51. The van der Waals surface area contributed by atoms with Crippen LogP contribution in [0.1, 0.15) is 148 Å². The number of carbonyl (C=O) groups is 4. The zero-order valence-electron chi connectivity index (χ0n) is 46.2. The van der Waals surface area contributed by atoms with E-state index in [0.717, 1.165) is 71.2 Å². The molecule has 4 fully saturated rings. The largest absolute Gasteiger partial charge is 0.350 e. The average molecular weight is 1150 g/mol. The zero-order valence-corrected chi connectivity index (χ0v) is 49.2. The summed E-state index contributed by atoms with van der Waals surface area (Å²) in [6.45, 7) is 15.4. The van der Waals surface area contributed by atoms with Gasteiger partial charge in [-0.15, -0.1) is 0 Å². The number of likely N-dealkylation sites (tertiary alicyclic amines) is 2. The van der Waals surface area contributed by atoms with E-state index in [1.807, 2.05) is 12.1 Å². The minimum atomic E-state index is -0.276. The van der Waals surface area contributed by atoms with Gasteiger partial charge in [0.25, 0.3) is 11.8 Å². The van der Waals surface area contributed by atoms with Crippen molar-refractivity contribution in [2.75, 3.05) is 72.0 Å². The van der Waals surface area contributed by atoms with Crippen molar-refractivity contribution in [3.63, 3.8) is 0 Å². The van der Waals surface area contributed by atoms with E-state index in [-0.39, 0.29) is 47.8 Å². The van der Waals surface area contributed by atoms with Gasteiger partial charge in [0.15, 0.2) is 0 Å². The molecule has 0 aliphatic carbocycles. The topological polar surface area (TPSA) is 129 Å². The van der Waals surface area contributed by atoms with E-state index < -0.39 is 0 Å². The zero-order chi connectivity index (χ0) is 55.4. The lowest BCUT2D eigenvalue weighted by molar-refractivity contribution is -0.134. The van der Waals surface area contributed by atoms with E-state index in [1.54, 1.807) is 36.4 Å². The van der Waals surface area contributed by atoms with Crippen molar-refractivity contribution in [3.8, 4) is 0 Å². The van der Waals surface area contributed by atoms with E-state index in [1.165, 1.54) is 56.1 Å². The van der Waals surface area contributed by atoms with Crippen molar-refractivity contribution in [1.29, 1.82) is 0 Å². The summed E-state index contributed by atoms with van der Waals surface area (Å²) in [5.74, 6) is 0.552. The maximum atomic E-state index is 13.9. The summed E-state index contributed by atoms with van der Waals surface area (Å²) in [6.07, 6.45) is 13.8. The summed E-state index contributed by atoms with van der Waals surface area (Å²) >= 11 is 24.3. The molecule has 0 radical (unpaired) electrons. The first kappa shape index (κ1) is 61.4. The molecule has 4 N–H and O–H groups in total. The highest BCUT2D eigenvalue weighted by molar-refractivity contribution is 6.42. The van der Waals surface area contributed by atoms with Crippen LogP contribution in [0.2, 0.25) is 20.1 Å². The molecule has 4 saturated heterocycles. The van der Waals surface area contributed by atoms with Crippen molar-refractivity contribution >= 4 is 70.0 Å². The standard InChI is InChI=1S/2C31H42Cl2N4O2/c1-3-23(24-10-5-4-6-11-24)21-37-17-14-26(20-34-30(38)25-12-13-27(32)28(33)19-25)35-29(31(37)39)15-18-36-16-8-7-9-22(36)2;1-2-23(24-10-6-5-7-11-24)22-37-19-14-26(21-34-30(38)25-12-13-27(32)28(33)20-25)35-29(31(37)39)15-18-36-16-8-3-4-9-17-36/h4-6,10-13,19,22-23,26,29,35H,3,7-9,14-18,20-21H2,1-2H3,(H,34,38);5-7,10-13,20,23,26,29,35H,2-4,8-9,14-19,21-22H2,1H3,(H,34,38)/t22-,23+,26-,29-;23-,26+,29+/m01/s1. The number of halogens is 4. The normalized spacial score (nSPS) is 22.5. The minimum Gasteiger partial charge on any atom is -0.350 e. The monoisotopic (exact) mass is 1140 g/mol. The molecule has 0 aromatic heterocycles. The second-order valence-electron chi connectivity index (χ2n) is 21.9. The van der Waals surface area contributed by atoms with Gasteiger partial charge in [-0.2, -0.15) is 0 Å². The molecule has 4 aromatic rings. The van der Waals surface area contributed by atoms with Crippen LogP contribution in [-0.4, -0.2) is 145 Å². The molecule has 78 heavy (non-hydrogen) atoms. The molecule has 16 heteroatoms. The van der Waals surface area contributed by atoms with E-state index in [4.69, 9.17) is 46.4 Å². The lowest BCUT2D eigenvalue weighted by Gasteiger charge is -2.35. The second kappa shape index (κ2) is 31.7. The molecule has 0 unspecified atom stereocenters. The summed E-state index contributed by atoms with van der Waals surface area (Å²) in [5.41, 5.74) is 3.49. The Bertz CT molecular complexity index is 2520. The summed E-state index contributed by atoms with van der Waals surface area (Å²) in [6, 6.07) is 30.8. The maximum absolute atomic E-state index is 13.9. The molecule has 0 saturated carbocycles. The Morgan fingerprint density at radius 3 is 1.44 bits per heavy atom. The van der Waals surface area contributed by atoms with Gasteiger partial charge < -0.3 is 40.9 Å². The molecule has 0 bridgehead atoms. The van der Waals surface area contributed by atoms with E-state index in [2.05, 4.69) is 110 Å². The number of hydrogen-bond acceptors (Lipinski definition) is 8. The second-order valence-corrected chi connectivity index (χ2v) is 23.5. The molecule has 4 amide bonds. The first-order chi connectivity index (χ1) is 37.8. The first-order valence-electron chi connectivity index (χ1n) is 28.9. The molecule has 12 nitrogen and oxygen atoms in total. The van der Waals surface area contributed by atoms with E-state index in [0.29, 0.717) is 88.4 Å². The van der Waals surface area contributed by atoms with Crippen LogP contribution in [-0.2, 0) is 9.59 Å². The van der Waals surface area contributed by atoms with Gasteiger partial charge >= 0.3 is 0 Å². The van der Waals surface area contributed by atoms with Crippen LogP contribution in [0.3, 0.4) is 0 Å². The van der Waals surface area contributed by atoms with Gasteiger partial charge in [-0.25, -0.2) is 0 Å². The van der Waals surface area contributed by atoms with Crippen molar-refractivity contribution < 1.29 is 19.2 Å². The third-order valence-corrected chi connectivity index (χ3v) is 17.9. The fourth-order valence-corrected chi connectivity index (χ4v) is 12.1. The molecule has 7 atom stereocenters. The van der Waals surface area contributed by atoms with Crippen molar-refractivity contribution in [2.24, 2.45) is 0 Å². The van der Waals surface area contributed by atoms with Crippen LogP contribution in [0.25, 0.3) is 0 Å². The number of carbonyl (C=O) groups excluding carboxylic acids is 4. The molecular formula is C62H84Cl4N8O4. The van der Waals surface area contributed by atoms with Crippen molar-refractivity contribution in [2.45, 2.75) is 146 Å². The number of benzene rings is 4. The Morgan fingerprint density at radius 2 is 1.00 bits per heavy atom. The van der Waals surface area contributed by atoms with Gasteiger partial charge in [-0.1, -0.05) is 140 Å². The average Bonchev–Trinajstić information content (AvgIpc) is 3.88. The number of amides is 4. The van der Waals surface area contributed by atoms with Gasteiger partial charge in [-0.3, -0.25) is 19.2 Å². The van der Waals surface area contributed by atoms with Gasteiger partial charge in [0, 0.05) is 93.4 Å². The quantitative estimate of drug-likeness (QED) is 0.0689. The fourth-order valence-electron chi connectivity index (χ4n) is 11.6. The van der Waals surface area contributed by atoms with Crippen LogP contribution in [0.5, 0.6) is 0 Å². The molecule has 4 aliphatic rings. The summed E-state index contributed by atoms with van der Waals surface area (Å²) in [5, 5.41) is 14.9. The third-order valence-electron chi connectivity index (χ3n) is 16.5. The molecular weight excluding hydrogens is 1060 g/mol. The van der Waals surface area contributed by atoms with E-state index in [9.17, 15) is 19.2 Å². The van der Waals surface area contributed by atoms with Crippen LogP contribution >= 0.6 is 46.4 Å². The van der Waals surface area contributed by atoms with Crippen LogP contribution in [0, 0.1) is 0 Å². The van der Waals surface area contributed by atoms with Gasteiger partial charge in [-0.05, 0) is 138 Å². The number of piperidine rings is 1. The molecule has 8 rings (SSSR count). The summed E-state index contributed by atoms with van der Waals surface area (Å²) in [7, 11) is 0. The highest BCUT2D eigenvalue weighted by Gasteiger charge is 2.35. The highest BCUT2D eigenvalue weighted by Crippen LogP contribution is 2.27. The number of nitrogens with zero attached hydrogens (tertiary/aromatic N) is 4. The Hall–Kier alpha value is -4.24. The Morgan fingerprint density at radius 1 is 0.551 bits per heavy atom. The highest BCUT2D eigenvalue weighted by atomic mass is 35.5. The number of rotatable bonds is 20. The molecule has 4 aromatic carbocycles. The lowest BCUT2D eigenvalue weighted by atomic mass is 9.95. The van der Waals surface area contributed by atoms with E-state index >= 15 is 0 Å². The minimum absolute atomic E-state index is 0.00314. The smallest absolute Gasteiger partial charge is 0.251 e. The SMILES string of the molecule is CC[C@H](CN1CC[C@@H](CNC(=O)c2ccc(Cl)c(Cl)c2)N[C@@H](CCN2CCCCCC2)C1=O)c1ccccc1.CC[C@H](CN1CC[C@@H](CNC(=O)c2ccc(Cl)c(Cl)c2)N[C@@H](CCN2CCCC[C@@H]2C)C1=O)c1ccccc1. The van der Waals surface area contributed by atoms with Crippen LogP contribution in [0.15, 0.2) is 97.1 Å². The third kappa shape index (κ3) is 18.4. The fraction of sp³-hybridized carbons (Fsp3) is 0.548. The molecule has 0 spiro atoms. The van der Waals surface area contributed by atoms with Gasteiger partial charge in [0.05, 0.1) is 32.2 Å². The number of hydrogen-bond donors (Lipinski definition) is 4. The van der Waals surface area contributed by atoms with Crippen molar-refractivity contribution in [1.82, 2.24) is 40.9 Å². The maximum Gasteiger partial charge on any atom is 0.251 e. The molecule has 424 valence electrons. The molecule has 4 aliphatic heterocycles. The first-order valence-corrected chi connectivity index (χ1v) is 30.4. The van der Waals surface area contributed by atoms with Gasteiger partial charge in [0.1, 0.15) is 0 Å². The predicted molar refractivity (Wildman–Crippen MR) is 319 cm³/mol. The van der Waals surface area contributed by atoms with Gasteiger partial charge in [0.2, 0.25) is 11.8 Å². The van der Waals surface area contributed by atoms with Crippen molar-refractivity contribution in [3.05, 3.63) is 139 Å². The summed E-state index contributed by atoms with van der Waals surface area (Å²) in [4.78, 5) is 62.6. The Labute approximate surface area is 485 Å². The van der Waals surface area contributed by atoms with Crippen LogP contribution < -0.4 is 21.3 Å². The Kier molecular flexibility index (Phi) is 24.9. The molecule has 4 heterocycles. The predicted octanol–water partition coefficient (Wildman–Crippen LogP) is 11.5. The summed E-state index contributed by atoms with van der Waals surface area (Å²) < 4.78 is 0. The van der Waals surface area contributed by atoms with Crippen LogP contribution in [0.4, 0.5) is 0 Å². The number of nitrogens with one attached hydrogen (secondary N) is 4. The Balaban J connectivity index is 0.000000226.